The molecule has 0 bridgehead atoms. The Hall–Kier alpha value is -2.48. The maximum Gasteiger partial charge on any atom is 0.238 e. The highest BCUT2D eigenvalue weighted by atomic mass is 35.5. The van der Waals surface area contributed by atoms with Crippen molar-refractivity contribution in [3.63, 3.8) is 0 Å². The van der Waals surface area contributed by atoms with E-state index in [2.05, 4.69) is 5.10 Å². The SMILES string of the molecule is NS(=O)(=O)c1ccc(-c2cc(C(=O)CC3CCCC3)nn2-c2ccc(Cl)cc2)cc1. The van der Waals surface area contributed by atoms with Crippen LogP contribution in [0.1, 0.15) is 42.6 Å². The Balaban J connectivity index is 1.74. The Morgan fingerprint density at radius 2 is 1.70 bits per heavy atom. The van der Waals surface area contributed by atoms with Crippen LogP contribution in [0.2, 0.25) is 5.02 Å². The number of nitrogens with zero attached hydrogens (tertiary/aromatic N) is 2. The number of rotatable bonds is 6. The molecule has 4 rings (SSSR count). The Kier molecular flexibility index (Phi) is 5.77. The van der Waals surface area contributed by atoms with Gasteiger partial charge in [-0.05, 0) is 48.4 Å². The number of primary sulfonamides is 1. The average molecular weight is 444 g/mol. The zero-order chi connectivity index (χ0) is 21.3. The summed E-state index contributed by atoms with van der Waals surface area (Å²) in [6, 6.07) is 15.1. The molecule has 0 atom stereocenters. The number of carbonyl (C=O) groups excluding carboxylic acids is 1. The lowest BCUT2D eigenvalue weighted by atomic mass is 9.99. The Morgan fingerprint density at radius 3 is 2.30 bits per heavy atom. The fourth-order valence-corrected chi connectivity index (χ4v) is 4.54. The number of sulfonamides is 1. The van der Waals surface area contributed by atoms with Crippen LogP contribution in [0.3, 0.4) is 0 Å². The fraction of sp³-hybridized carbons (Fsp3) is 0.273. The number of hydrogen-bond acceptors (Lipinski definition) is 4. The molecule has 0 radical (unpaired) electrons. The van der Waals surface area contributed by atoms with E-state index in [-0.39, 0.29) is 10.7 Å². The molecule has 2 N–H and O–H groups in total. The van der Waals surface area contributed by atoms with Crippen molar-refractivity contribution in [1.82, 2.24) is 9.78 Å². The lowest BCUT2D eigenvalue weighted by molar-refractivity contribution is 0.0957. The Labute approximate surface area is 180 Å². The Bertz CT molecular complexity index is 1160. The van der Waals surface area contributed by atoms with Gasteiger partial charge in [-0.15, -0.1) is 0 Å². The molecular weight excluding hydrogens is 422 g/mol. The molecule has 8 heteroatoms. The van der Waals surface area contributed by atoms with Crippen LogP contribution in [0.25, 0.3) is 16.9 Å². The molecule has 0 unspecified atom stereocenters. The molecule has 3 aromatic rings. The molecule has 6 nitrogen and oxygen atoms in total. The predicted octanol–water partition coefficient (Wildman–Crippen LogP) is 4.60. The summed E-state index contributed by atoms with van der Waals surface area (Å²) < 4.78 is 24.8. The third kappa shape index (κ3) is 4.48. The molecule has 30 heavy (non-hydrogen) atoms. The molecule has 0 aliphatic heterocycles. The van der Waals surface area contributed by atoms with E-state index in [1.165, 1.54) is 25.0 Å². The van der Waals surface area contributed by atoms with Crippen molar-refractivity contribution in [3.05, 3.63) is 65.3 Å². The number of aromatic nitrogens is 2. The molecule has 1 aromatic heterocycles. The minimum Gasteiger partial charge on any atom is -0.292 e. The number of benzene rings is 2. The highest BCUT2D eigenvalue weighted by Crippen LogP contribution is 2.30. The van der Waals surface area contributed by atoms with Gasteiger partial charge in [0, 0.05) is 17.0 Å². The van der Waals surface area contributed by atoms with Crippen molar-refractivity contribution < 1.29 is 13.2 Å². The largest absolute Gasteiger partial charge is 0.292 e. The van der Waals surface area contributed by atoms with Crippen molar-refractivity contribution in [2.24, 2.45) is 11.1 Å². The number of nitrogens with two attached hydrogens (primary N) is 1. The summed E-state index contributed by atoms with van der Waals surface area (Å²) in [5, 5.41) is 10.4. The molecular formula is C22H22ClN3O3S. The lowest BCUT2D eigenvalue weighted by Crippen LogP contribution is -2.11. The van der Waals surface area contributed by atoms with Crippen LogP contribution in [-0.2, 0) is 10.0 Å². The number of hydrogen-bond donors (Lipinski definition) is 1. The van der Waals surface area contributed by atoms with E-state index in [4.69, 9.17) is 16.7 Å². The molecule has 0 spiro atoms. The van der Waals surface area contributed by atoms with E-state index in [0.717, 1.165) is 24.1 Å². The Morgan fingerprint density at radius 1 is 1.07 bits per heavy atom. The van der Waals surface area contributed by atoms with E-state index in [1.54, 1.807) is 35.0 Å². The maximum absolute atomic E-state index is 12.9. The van der Waals surface area contributed by atoms with Gasteiger partial charge >= 0.3 is 0 Å². The van der Waals surface area contributed by atoms with Gasteiger partial charge in [-0.1, -0.05) is 49.4 Å². The number of ketones is 1. The first-order valence-corrected chi connectivity index (χ1v) is 11.8. The van der Waals surface area contributed by atoms with Crippen molar-refractivity contribution in [1.29, 1.82) is 0 Å². The van der Waals surface area contributed by atoms with Crippen molar-refractivity contribution >= 4 is 27.4 Å². The minimum atomic E-state index is -3.78. The third-order valence-corrected chi connectivity index (χ3v) is 6.67. The first kappa shape index (κ1) is 20.8. The van der Waals surface area contributed by atoms with Crippen LogP contribution in [0, 0.1) is 5.92 Å². The van der Waals surface area contributed by atoms with Crippen molar-refractivity contribution in [2.45, 2.75) is 37.0 Å². The first-order chi connectivity index (χ1) is 14.3. The quantitative estimate of drug-likeness (QED) is 0.563. The maximum atomic E-state index is 12.9. The first-order valence-electron chi connectivity index (χ1n) is 9.84. The van der Waals surface area contributed by atoms with Gasteiger partial charge in [-0.3, -0.25) is 4.79 Å². The smallest absolute Gasteiger partial charge is 0.238 e. The van der Waals surface area contributed by atoms with Gasteiger partial charge in [-0.25, -0.2) is 18.2 Å². The van der Waals surface area contributed by atoms with Crippen LogP contribution >= 0.6 is 11.6 Å². The molecule has 0 saturated heterocycles. The van der Waals surface area contributed by atoms with E-state index in [0.29, 0.717) is 28.7 Å². The number of halogens is 1. The second kappa shape index (κ2) is 8.34. The summed E-state index contributed by atoms with van der Waals surface area (Å²) in [5.41, 5.74) is 2.57. The second-order valence-corrected chi connectivity index (χ2v) is 9.65. The normalized spacial score (nSPS) is 14.9. The standard InChI is InChI=1S/C22H22ClN3O3S/c23-17-7-9-18(10-8-17)26-21(16-5-11-19(12-6-16)30(24,28)29)14-20(25-26)22(27)13-15-3-1-2-4-15/h5-12,14-15H,1-4,13H2,(H2,24,28,29). The molecule has 1 aliphatic carbocycles. The molecule has 156 valence electrons. The number of Topliss-reactive ketones (excluding diaryl/α,β-unsaturated/α-hetero) is 1. The fourth-order valence-electron chi connectivity index (χ4n) is 3.90. The predicted molar refractivity (Wildman–Crippen MR) is 116 cm³/mol. The van der Waals surface area contributed by atoms with Crippen LogP contribution in [0.5, 0.6) is 0 Å². The third-order valence-electron chi connectivity index (χ3n) is 5.49. The van der Waals surface area contributed by atoms with Gasteiger partial charge in [-0.2, -0.15) is 5.10 Å². The molecule has 1 saturated carbocycles. The van der Waals surface area contributed by atoms with Crippen LogP contribution < -0.4 is 5.14 Å². The zero-order valence-electron chi connectivity index (χ0n) is 16.3. The van der Waals surface area contributed by atoms with Gasteiger partial charge in [0.1, 0.15) is 5.69 Å². The van der Waals surface area contributed by atoms with Crippen LogP contribution in [0.4, 0.5) is 0 Å². The monoisotopic (exact) mass is 443 g/mol. The van der Waals surface area contributed by atoms with E-state index >= 15 is 0 Å². The summed E-state index contributed by atoms with van der Waals surface area (Å²) in [4.78, 5) is 12.9. The summed E-state index contributed by atoms with van der Waals surface area (Å²) in [7, 11) is -3.78. The van der Waals surface area contributed by atoms with Crippen molar-refractivity contribution in [2.75, 3.05) is 0 Å². The van der Waals surface area contributed by atoms with E-state index in [9.17, 15) is 13.2 Å². The molecule has 0 amide bonds. The highest BCUT2D eigenvalue weighted by Gasteiger charge is 2.23. The van der Waals surface area contributed by atoms with Gasteiger partial charge in [0.05, 0.1) is 16.3 Å². The second-order valence-electron chi connectivity index (χ2n) is 7.65. The topological polar surface area (TPSA) is 95.1 Å². The van der Waals surface area contributed by atoms with Crippen molar-refractivity contribution in [3.8, 4) is 16.9 Å². The summed E-state index contributed by atoms with van der Waals surface area (Å²) in [6.07, 6.45) is 5.04. The molecule has 1 heterocycles. The summed E-state index contributed by atoms with van der Waals surface area (Å²) in [6.45, 7) is 0. The molecule has 1 fully saturated rings. The summed E-state index contributed by atoms with van der Waals surface area (Å²) >= 11 is 6.01. The van der Waals surface area contributed by atoms with Crippen LogP contribution in [-0.4, -0.2) is 24.0 Å². The van der Waals surface area contributed by atoms with Gasteiger partial charge < -0.3 is 0 Å². The number of carbonyl (C=O) groups is 1. The minimum absolute atomic E-state index is 0.0250. The highest BCUT2D eigenvalue weighted by molar-refractivity contribution is 7.89. The van der Waals surface area contributed by atoms with Gasteiger partial charge in [0.15, 0.2) is 5.78 Å². The lowest BCUT2D eigenvalue weighted by Gasteiger charge is -2.08. The van der Waals surface area contributed by atoms with Crippen LogP contribution in [0.15, 0.2) is 59.5 Å². The van der Waals surface area contributed by atoms with E-state index in [1.807, 2.05) is 12.1 Å². The summed E-state index contributed by atoms with van der Waals surface area (Å²) in [5.74, 6) is 0.452. The molecule has 1 aliphatic rings. The van der Waals surface area contributed by atoms with Gasteiger partial charge in [0.25, 0.3) is 0 Å². The average Bonchev–Trinajstić information content (AvgIpc) is 3.38. The zero-order valence-corrected chi connectivity index (χ0v) is 17.9. The van der Waals surface area contributed by atoms with E-state index < -0.39 is 10.0 Å². The van der Waals surface area contributed by atoms with Gasteiger partial charge in [0.2, 0.25) is 10.0 Å². The molecule has 2 aromatic carbocycles.